The van der Waals surface area contributed by atoms with E-state index in [0.29, 0.717) is 17.4 Å². The molecule has 0 aromatic heterocycles. The molecular formula is C70H128N2O6P+. The normalized spacial score (nSPS) is 14.4. The van der Waals surface area contributed by atoms with Crippen molar-refractivity contribution in [3.63, 3.8) is 0 Å². The van der Waals surface area contributed by atoms with Crippen LogP contribution in [0.3, 0.4) is 0 Å². The Morgan fingerprint density at radius 2 is 0.772 bits per heavy atom. The van der Waals surface area contributed by atoms with Gasteiger partial charge in [0.15, 0.2) is 0 Å². The van der Waals surface area contributed by atoms with Crippen LogP contribution in [0.2, 0.25) is 0 Å². The fraction of sp³-hybridized carbons (Fsp3) is 0.757. The van der Waals surface area contributed by atoms with Crippen LogP contribution < -0.4 is 5.32 Å². The number of unbranched alkanes of at least 4 members (excludes halogenated alkanes) is 33. The first kappa shape index (κ1) is 76.4. The maximum absolute atomic E-state index is 13.0. The molecule has 0 aliphatic carbocycles. The lowest BCUT2D eigenvalue weighted by Crippen LogP contribution is -2.45. The molecule has 0 aliphatic rings. The predicted molar refractivity (Wildman–Crippen MR) is 346 cm³/mol. The number of likely N-dealkylation sites (N-methyl/N-ethyl adjacent to an activating group) is 1. The summed E-state index contributed by atoms with van der Waals surface area (Å²) in [5, 5.41) is 14.0. The maximum atomic E-state index is 13.0. The van der Waals surface area contributed by atoms with E-state index in [0.717, 1.165) is 77.0 Å². The molecule has 0 rings (SSSR count). The molecule has 8 nitrogen and oxygen atoms in total. The van der Waals surface area contributed by atoms with E-state index in [1.54, 1.807) is 6.08 Å². The Morgan fingerprint density at radius 3 is 1.16 bits per heavy atom. The van der Waals surface area contributed by atoms with E-state index in [1.165, 1.54) is 193 Å². The zero-order valence-corrected chi connectivity index (χ0v) is 53.2. The van der Waals surface area contributed by atoms with Gasteiger partial charge >= 0.3 is 7.82 Å². The summed E-state index contributed by atoms with van der Waals surface area (Å²) in [5.41, 5.74) is 0. The van der Waals surface area contributed by atoms with Crippen LogP contribution in [0.1, 0.15) is 290 Å². The third-order valence-corrected chi connectivity index (χ3v) is 15.5. The smallest absolute Gasteiger partial charge is 0.387 e. The zero-order valence-electron chi connectivity index (χ0n) is 52.3. The molecule has 0 fully saturated rings. The maximum Gasteiger partial charge on any atom is 0.472 e. The van der Waals surface area contributed by atoms with Crippen molar-refractivity contribution in [3.05, 3.63) is 97.2 Å². The number of nitrogens with one attached hydrogen (secondary N) is 1. The highest BCUT2D eigenvalue weighted by atomic mass is 31.2. The average Bonchev–Trinajstić information content (AvgIpc) is 3.42. The van der Waals surface area contributed by atoms with Gasteiger partial charge in [0.25, 0.3) is 0 Å². The van der Waals surface area contributed by atoms with Gasteiger partial charge in [0.1, 0.15) is 13.2 Å². The summed E-state index contributed by atoms with van der Waals surface area (Å²) in [6.07, 6.45) is 86.9. The number of phosphoric acid groups is 1. The van der Waals surface area contributed by atoms with Gasteiger partial charge in [0.05, 0.1) is 39.9 Å². The van der Waals surface area contributed by atoms with Gasteiger partial charge in [-0.2, -0.15) is 0 Å². The molecule has 0 aromatic carbocycles. The van der Waals surface area contributed by atoms with Gasteiger partial charge in [-0.1, -0.05) is 291 Å². The van der Waals surface area contributed by atoms with Crippen molar-refractivity contribution < 1.29 is 32.9 Å². The van der Waals surface area contributed by atoms with Crippen LogP contribution >= 0.6 is 7.82 Å². The van der Waals surface area contributed by atoms with Crippen LogP contribution in [0.5, 0.6) is 0 Å². The highest BCUT2D eigenvalue weighted by Gasteiger charge is 2.27. The van der Waals surface area contributed by atoms with Crippen LogP contribution in [0.4, 0.5) is 0 Å². The summed E-state index contributed by atoms with van der Waals surface area (Å²) < 4.78 is 23.8. The third kappa shape index (κ3) is 62.9. The van der Waals surface area contributed by atoms with E-state index in [1.807, 2.05) is 27.2 Å². The predicted octanol–water partition coefficient (Wildman–Crippen LogP) is 20.9. The molecule has 0 radical (unpaired) electrons. The van der Waals surface area contributed by atoms with Crippen molar-refractivity contribution in [3.8, 4) is 0 Å². The van der Waals surface area contributed by atoms with Gasteiger partial charge in [-0.05, 0) is 89.9 Å². The molecule has 1 amide bonds. The summed E-state index contributed by atoms with van der Waals surface area (Å²) >= 11 is 0. The lowest BCUT2D eigenvalue weighted by molar-refractivity contribution is -0.870. The number of rotatable bonds is 60. The van der Waals surface area contributed by atoms with Crippen molar-refractivity contribution in [1.82, 2.24) is 5.32 Å². The summed E-state index contributed by atoms with van der Waals surface area (Å²) in [7, 11) is 1.54. The number of nitrogens with zero attached hydrogens (tertiary/aromatic N) is 1. The van der Waals surface area contributed by atoms with Gasteiger partial charge in [0.2, 0.25) is 5.91 Å². The number of carbonyl (C=O) groups is 1. The second-order valence-electron chi connectivity index (χ2n) is 23.4. The number of aliphatic hydroxyl groups excluding tert-OH is 1. The second-order valence-corrected chi connectivity index (χ2v) is 24.9. The topological polar surface area (TPSA) is 105 Å². The largest absolute Gasteiger partial charge is 0.472 e. The van der Waals surface area contributed by atoms with E-state index in [4.69, 9.17) is 9.05 Å². The zero-order chi connectivity index (χ0) is 57.7. The van der Waals surface area contributed by atoms with Gasteiger partial charge in [-0.15, -0.1) is 0 Å². The van der Waals surface area contributed by atoms with Crippen LogP contribution in [-0.2, 0) is 18.4 Å². The standard InChI is InChI=1S/C70H127N2O6P/c1-6-8-10-12-14-16-18-20-22-24-26-28-30-32-34-35-36-38-39-41-43-45-47-49-51-53-55-57-59-61-63-69(73)68(67-78-79(75,76)77-66-65-72(3,4)5)71-70(74)64-62-60-58-56-54-52-50-48-46-44-42-40-37-33-31-29-27-25-23-21-19-17-15-13-11-9-7-2/h9,11,15,17,21,23,27,29,33,37,45,47,53,55,61,63,68-69,73H,6-8,10,12-14,16,18-20,22,24-26,28,30-32,34-36,38-44,46,48-52,54,56-60,62,64-67H2,1-5H3,(H-,71,74,75,76)/p+1/b11-9-,17-15-,23-21-,29-27-,37-33-,47-45+,55-53+,63-61+. The lowest BCUT2D eigenvalue weighted by Gasteiger charge is -2.25. The average molecular weight is 1120 g/mol. The van der Waals surface area contributed by atoms with E-state index >= 15 is 0 Å². The van der Waals surface area contributed by atoms with Crippen molar-refractivity contribution in [1.29, 1.82) is 0 Å². The van der Waals surface area contributed by atoms with E-state index in [2.05, 4.69) is 104 Å². The molecule has 0 aliphatic heterocycles. The molecule has 0 aromatic rings. The lowest BCUT2D eigenvalue weighted by atomic mass is 10.0. The number of aliphatic hydroxyl groups is 1. The van der Waals surface area contributed by atoms with Gasteiger partial charge < -0.3 is 19.8 Å². The summed E-state index contributed by atoms with van der Waals surface area (Å²) in [6.45, 7) is 4.69. The number of carbonyl (C=O) groups excluding carboxylic acids is 1. The number of hydrogen-bond donors (Lipinski definition) is 3. The Morgan fingerprint density at radius 1 is 0.443 bits per heavy atom. The number of quaternary nitrogens is 1. The molecule has 0 saturated heterocycles. The Hall–Kier alpha value is -2.58. The fourth-order valence-electron chi connectivity index (χ4n) is 9.40. The van der Waals surface area contributed by atoms with Gasteiger partial charge in [-0.25, -0.2) is 4.57 Å². The van der Waals surface area contributed by atoms with Crippen molar-refractivity contribution in [2.45, 2.75) is 302 Å². The minimum Gasteiger partial charge on any atom is -0.387 e. The molecular weight excluding hydrogens is 996 g/mol. The van der Waals surface area contributed by atoms with Crippen molar-refractivity contribution in [2.75, 3.05) is 40.9 Å². The Labute approximate surface area is 489 Å². The number of amides is 1. The Balaban J connectivity index is 4.20. The molecule has 0 spiro atoms. The summed E-state index contributed by atoms with van der Waals surface area (Å²) in [5.74, 6) is -0.196. The molecule has 9 heteroatoms. The molecule has 458 valence electrons. The van der Waals surface area contributed by atoms with Crippen LogP contribution in [0.25, 0.3) is 0 Å². The molecule has 3 N–H and O–H groups in total. The molecule has 3 unspecified atom stereocenters. The quantitative estimate of drug-likeness (QED) is 0.0243. The first-order valence-corrected chi connectivity index (χ1v) is 34.6. The SMILES string of the molecule is CC/C=C\C/C=C\C/C=C\C/C=C\C/C=C\CCCCCCCCCCCCCC(=O)NC(COP(=O)(O)OCC[N+](C)(C)C)C(O)/C=C/CC/C=C/CC/C=C/CCCCCCCCCCCCCCCCCCCCCC. The molecule has 0 heterocycles. The minimum atomic E-state index is -4.37. The van der Waals surface area contributed by atoms with Crippen LogP contribution in [0, 0.1) is 0 Å². The molecule has 79 heavy (non-hydrogen) atoms. The molecule has 3 atom stereocenters. The van der Waals surface area contributed by atoms with Crippen molar-refractivity contribution >= 4 is 13.7 Å². The van der Waals surface area contributed by atoms with E-state index in [-0.39, 0.29) is 19.1 Å². The summed E-state index contributed by atoms with van der Waals surface area (Å²) in [6, 6.07) is -0.879. The van der Waals surface area contributed by atoms with E-state index < -0.39 is 20.0 Å². The van der Waals surface area contributed by atoms with Crippen LogP contribution in [-0.4, -0.2) is 73.4 Å². The van der Waals surface area contributed by atoms with E-state index in [9.17, 15) is 19.4 Å². The second kappa shape index (κ2) is 60.0. The number of phosphoric ester groups is 1. The minimum absolute atomic E-state index is 0.0488. The highest BCUT2D eigenvalue weighted by Crippen LogP contribution is 2.43. The van der Waals surface area contributed by atoms with Gasteiger partial charge in [0, 0.05) is 6.42 Å². The van der Waals surface area contributed by atoms with Gasteiger partial charge in [-0.3, -0.25) is 13.8 Å². The number of hydrogen-bond acceptors (Lipinski definition) is 5. The fourth-order valence-corrected chi connectivity index (χ4v) is 10.1. The Bertz CT molecular complexity index is 1610. The first-order chi connectivity index (χ1) is 38.5. The summed E-state index contributed by atoms with van der Waals surface area (Å²) in [4.78, 5) is 23.4. The first-order valence-electron chi connectivity index (χ1n) is 33.1. The molecule has 0 bridgehead atoms. The Kier molecular flexibility index (Phi) is 58.1. The number of allylic oxidation sites excluding steroid dienone is 15. The third-order valence-electron chi connectivity index (χ3n) is 14.5. The monoisotopic (exact) mass is 1120 g/mol. The highest BCUT2D eigenvalue weighted by molar-refractivity contribution is 7.47. The van der Waals surface area contributed by atoms with Crippen molar-refractivity contribution in [2.24, 2.45) is 0 Å². The van der Waals surface area contributed by atoms with Crippen LogP contribution in [0.15, 0.2) is 97.2 Å². The molecule has 0 saturated carbocycles.